The molecular weight excluding hydrogens is 358 g/mol. The van der Waals surface area contributed by atoms with Crippen LogP contribution in [-0.2, 0) is 17.3 Å². The summed E-state index contributed by atoms with van der Waals surface area (Å²) >= 11 is 0. The number of carboxylic acid groups (broad SMARTS) is 1. The first-order valence-electron chi connectivity index (χ1n) is 9.08. The zero-order chi connectivity index (χ0) is 19.7. The van der Waals surface area contributed by atoms with Crippen LogP contribution in [0.2, 0.25) is 0 Å². The lowest BCUT2D eigenvalue weighted by molar-refractivity contribution is -0.144. The number of benzene rings is 1. The molecule has 0 atom stereocenters. The molecule has 1 saturated heterocycles. The summed E-state index contributed by atoms with van der Waals surface area (Å²) in [5, 5.41) is 32.4. The molecule has 3 aromatic rings. The second kappa shape index (κ2) is 6.95. The fraction of sp³-hybridized carbons (Fsp3) is 0.300. The minimum atomic E-state index is -0.925. The lowest BCUT2D eigenvalue weighted by atomic mass is 9.74. The van der Waals surface area contributed by atoms with Crippen molar-refractivity contribution >= 4 is 11.7 Å². The van der Waals surface area contributed by atoms with E-state index in [1.165, 1.54) is 0 Å². The molecule has 2 aromatic heterocycles. The van der Waals surface area contributed by atoms with E-state index in [2.05, 4.69) is 20.2 Å². The van der Waals surface area contributed by atoms with Gasteiger partial charge in [-0.05, 0) is 31.0 Å². The maximum Gasteiger partial charge on any atom is 0.314 e. The summed E-state index contributed by atoms with van der Waals surface area (Å²) in [5.41, 5.74) is 1.87. The van der Waals surface area contributed by atoms with Crippen LogP contribution in [0.1, 0.15) is 18.4 Å². The summed E-state index contributed by atoms with van der Waals surface area (Å²) in [5.74, 6) is -0.669. The number of aromatic hydroxyl groups is 1. The van der Waals surface area contributed by atoms with E-state index in [1.807, 2.05) is 12.1 Å². The van der Waals surface area contributed by atoms with E-state index in [-0.39, 0.29) is 5.75 Å². The zero-order valence-electron chi connectivity index (χ0n) is 15.5. The van der Waals surface area contributed by atoms with Gasteiger partial charge in [0.2, 0.25) is 0 Å². The van der Waals surface area contributed by atoms with Crippen LogP contribution in [0, 0.1) is 0 Å². The molecule has 1 aliphatic heterocycles. The maximum absolute atomic E-state index is 12.1. The smallest absolute Gasteiger partial charge is 0.314 e. The van der Waals surface area contributed by atoms with Crippen molar-refractivity contribution in [2.24, 2.45) is 7.05 Å². The number of phenols is 1. The Hall–Kier alpha value is -3.42. The van der Waals surface area contributed by atoms with Crippen LogP contribution in [0.3, 0.4) is 0 Å². The van der Waals surface area contributed by atoms with Crippen LogP contribution in [0.4, 0.5) is 5.69 Å². The highest BCUT2D eigenvalue weighted by molar-refractivity contribution is 5.82. The molecule has 0 bridgehead atoms. The third-order valence-electron chi connectivity index (χ3n) is 5.47. The molecule has 3 heterocycles. The molecular formula is C20H21N5O3. The van der Waals surface area contributed by atoms with Crippen LogP contribution in [0.5, 0.6) is 5.75 Å². The number of phenolic OH excluding ortho intramolecular Hbond substituents is 1. The van der Waals surface area contributed by atoms with Gasteiger partial charge in [-0.1, -0.05) is 12.1 Å². The number of nitrogens with zero attached hydrogens (tertiary/aromatic N) is 5. The van der Waals surface area contributed by atoms with E-state index in [1.54, 1.807) is 48.5 Å². The van der Waals surface area contributed by atoms with Crippen molar-refractivity contribution in [3.63, 3.8) is 0 Å². The van der Waals surface area contributed by atoms with Gasteiger partial charge in [-0.15, -0.1) is 0 Å². The fourth-order valence-corrected chi connectivity index (χ4v) is 3.79. The second-order valence-corrected chi connectivity index (χ2v) is 7.09. The molecule has 1 aromatic carbocycles. The van der Waals surface area contributed by atoms with Gasteiger partial charge in [0.25, 0.3) is 0 Å². The molecule has 8 heteroatoms. The molecule has 144 valence electrons. The summed E-state index contributed by atoms with van der Waals surface area (Å²) in [6.45, 7) is 1.15. The van der Waals surface area contributed by atoms with Gasteiger partial charge in [0.1, 0.15) is 5.75 Å². The summed E-state index contributed by atoms with van der Waals surface area (Å²) in [6, 6.07) is 8.86. The van der Waals surface area contributed by atoms with Crippen molar-refractivity contribution in [1.82, 2.24) is 20.0 Å². The molecule has 0 spiro atoms. The number of rotatable bonds is 4. The van der Waals surface area contributed by atoms with Crippen LogP contribution in [-0.4, -0.2) is 49.2 Å². The maximum atomic E-state index is 12.1. The first-order chi connectivity index (χ1) is 13.5. The molecule has 4 rings (SSSR count). The highest BCUT2D eigenvalue weighted by Crippen LogP contribution is 2.37. The third-order valence-corrected chi connectivity index (χ3v) is 5.47. The van der Waals surface area contributed by atoms with Crippen LogP contribution >= 0.6 is 0 Å². The minimum Gasteiger partial charge on any atom is -0.507 e. The first-order valence-corrected chi connectivity index (χ1v) is 9.08. The lowest BCUT2D eigenvalue weighted by Crippen LogP contribution is -2.47. The van der Waals surface area contributed by atoms with Gasteiger partial charge in [-0.25, -0.2) is 0 Å². The minimum absolute atomic E-state index is 0.147. The predicted octanol–water partition coefficient (Wildman–Crippen LogP) is 2.21. The number of anilines is 1. The highest BCUT2D eigenvalue weighted by Gasteiger charge is 2.44. The van der Waals surface area contributed by atoms with E-state index in [9.17, 15) is 15.0 Å². The summed E-state index contributed by atoms with van der Waals surface area (Å²) in [4.78, 5) is 14.2. The van der Waals surface area contributed by atoms with Gasteiger partial charge < -0.3 is 15.1 Å². The largest absolute Gasteiger partial charge is 0.507 e. The summed E-state index contributed by atoms with van der Waals surface area (Å²) in [7, 11) is 1.79. The number of hydrogen-bond acceptors (Lipinski definition) is 6. The van der Waals surface area contributed by atoms with Crippen molar-refractivity contribution in [2.75, 3.05) is 18.0 Å². The van der Waals surface area contributed by atoms with Crippen molar-refractivity contribution in [1.29, 1.82) is 0 Å². The van der Waals surface area contributed by atoms with Gasteiger partial charge >= 0.3 is 5.97 Å². The van der Waals surface area contributed by atoms with Gasteiger partial charge in [-0.2, -0.15) is 15.3 Å². The SMILES string of the molecule is Cn1cc(C2(C(=O)O)CCN(c3cnnc(-c4ccccc4O)c3)CC2)cn1. The number of aryl methyl sites for hydroxylation is 1. The Morgan fingerprint density at radius 2 is 1.93 bits per heavy atom. The normalized spacial score (nSPS) is 16.1. The molecule has 1 fully saturated rings. The molecule has 1 aliphatic rings. The quantitative estimate of drug-likeness (QED) is 0.716. The number of carboxylic acids is 1. The van der Waals surface area contributed by atoms with Crippen molar-refractivity contribution in [3.05, 3.63) is 54.5 Å². The lowest BCUT2D eigenvalue weighted by Gasteiger charge is -2.39. The number of para-hydroxylation sites is 1. The van der Waals surface area contributed by atoms with Crippen LogP contribution < -0.4 is 4.90 Å². The van der Waals surface area contributed by atoms with Crippen molar-refractivity contribution in [2.45, 2.75) is 18.3 Å². The molecule has 0 unspecified atom stereocenters. The Balaban J connectivity index is 1.58. The van der Waals surface area contributed by atoms with E-state index >= 15 is 0 Å². The Bertz CT molecular complexity index is 1010. The Labute approximate surface area is 162 Å². The number of hydrogen-bond donors (Lipinski definition) is 2. The molecule has 28 heavy (non-hydrogen) atoms. The first kappa shape index (κ1) is 18.0. The molecule has 0 saturated carbocycles. The Morgan fingerprint density at radius 1 is 1.18 bits per heavy atom. The Morgan fingerprint density at radius 3 is 2.57 bits per heavy atom. The highest BCUT2D eigenvalue weighted by atomic mass is 16.4. The zero-order valence-corrected chi connectivity index (χ0v) is 15.5. The van der Waals surface area contributed by atoms with Gasteiger partial charge in [0, 0.05) is 37.5 Å². The number of piperidine rings is 1. The average molecular weight is 379 g/mol. The van der Waals surface area contributed by atoms with Gasteiger partial charge in [-0.3, -0.25) is 9.48 Å². The van der Waals surface area contributed by atoms with E-state index in [0.717, 1.165) is 11.3 Å². The number of aromatic nitrogens is 4. The monoisotopic (exact) mass is 379 g/mol. The number of aliphatic carboxylic acids is 1. The van der Waals surface area contributed by atoms with Gasteiger partial charge in [0.15, 0.2) is 0 Å². The Kier molecular flexibility index (Phi) is 4.46. The average Bonchev–Trinajstić information content (AvgIpc) is 3.15. The van der Waals surface area contributed by atoms with Crippen molar-refractivity contribution in [3.8, 4) is 17.0 Å². The molecule has 0 amide bonds. The molecule has 2 N–H and O–H groups in total. The summed E-state index contributed by atoms with van der Waals surface area (Å²) < 4.78 is 1.64. The van der Waals surface area contributed by atoms with Crippen LogP contribution in [0.25, 0.3) is 11.3 Å². The summed E-state index contributed by atoms with van der Waals surface area (Å²) in [6.07, 6.45) is 6.05. The fourth-order valence-electron chi connectivity index (χ4n) is 3.79. The van der Waals surface area contributed by atoms with Crippen LogP contribution in [0.15, 0.2) is 48.9 Å². The molecule has 0 radical (unpaired) electrons. The molecule has 0 aliphatic carbocycles. The standard InChI is InChI=1S/C20H21N5O3/c1-24-13-14(11-22-24)20(19(27)28)6-8-25(9-7-20)15-10-17(23-21-12-15)16-4-2-3-5-18(16)26/h2-5,10-13,26H,6-9H2,1H3,(H,27,28). The topological polar surface area (TPSA) is 104 Å². The van der Waals surface area contributed by atoms with E-state index in [4.69, 9.17) is 0 Å². The van der Waals surface area contributed by atoms with Gasteiger partial charge in [0.05, 0.1) is 29.2 Å². The third kappa shape index (κ3) is 3.06. The predicted molar refractivity (Wildman–Crippen MR) is 103 cm³/mol. The van der Waals surface area contributed by atoms with Crippen molar-refractivity contribution < 1.29 is 15.0 Å². The second-order valence-electron chi connectivity index (χ2n) is 7.09. The number of carbonyl (C=O) groups is 1. The molecule has 8 nitrogen and oxygen atoms in total. The van der Waals surface area contributed by atoms with E-state index in [0.29, 0.717) is 37.2 Å². The van der Waals surface area contributed by atoms with E-state index < -0.39 is 11.4 Å².